The van der Waals surface area contributed by atoms with Crippen LogP contribution in [0.15, 0.2) is 55.0 Å². The molecule has 0 amide bonds. The van der Waals surface area contributed by atoms with Crippen LogP contribution in [0.25, 0.3) is 5.69 Å². The molecule has 1 aromatic carbocycles. The fourth-order valence-corrected chi connectivity index (χ4v) is 2.32. The number of nitrogens with zero attached hydrogens (tertiary/aromatic N) is 3. The molecule has 1 unspecified atom stereocenters. The van der Waals surface area contributed by atoms with Crippen LogP contribution in [0.5, 0.6) is 0 Å². The molecule has 0 aliphatic carbocycles. The lowest BCUT2D eigenvalue weighted by atomic mass is 10.0. The number of rotatable bonds is 4. The molecule has 112 valence electrons. The van der Waals surface area contributed by atoms with Gasteiger partial charge in [-0.25, -0.2) is 0 Å². The summed E-state index contributed by atoms with van der Waals surface area (Å²) in [5.41, 5.74) is 2.85. The zero-order chi connectivity index (χ0) is 15.4. The minimum Gasteiger partial charge on any atom is -0.474 e. The number of aromatic amines is 1. The monoisotopic (exact) mass is 313 g/mol. The molecule has 0 spiro atoms. The van der Waals surface area contributed by atoms with Gasteiger partial charge in [0.25, 0.3) is 5.17 Å². The molecule has 3 rings (SSSR count). The summed E-state index contributed by atoms with van der Waals surface area (Å²) in [5, 5.41) is 14.0. The molecule has 0 saturated heterocycles. The molecule has 3 aromatic rings. The van der Waals surface area contributed by atoms with Gasteiger partial charge in [0.1, 0.15) is 11.7 Å². The number of thiocarbonyl (C=S) groups is 1. The van der Waals surface area contributed by atoms with Gasteiger partial charge in [-0.05, 0) is 42.0 Å². The van der Waals surface area contributed by atoms with E-state index in [2.05, 4.69) is 20.7 Å². The van der Waals surface area contributed by atoms with Crippen molar-refractivity contribution < 1.29 is 4.74 Å². The Morgan fingerprint density at radius 3 is 2.59 bits per heavy atom. The number of methoxy groups -OCH3 is 1. The van der Waals surface area contributed by atoms with Crippen molar-refractivity contribution in [3.05, 3.63) is 66.2 Å². The fraction of sp³-hybridized carbons (Fsp3) is 0.133. The van der Waals surface area contributed by atoms with Crippen LogP contribution in [0.4, 0.5) is 0 Å². The van der Waals surface area contributed by atoms with Gasteiger partial charge < -0.3 is 14.6 Å². The summed E-state index contributed by atoms with van der Waals surface area (Å²) in [4.78, 5) is 0. The third-order valence-corrected chi connectivity index (χ3v) is 3.59. The molecule has 22 heavy (non-hydrogen) atoms. The molecule has 6 nitrogen and oxygen atoms in total. The summed E-state index contributed by atoms with van der Waals surface area (Å²) >= 11 is 5.10. The van der Waals surface area contributed by atoms with Crippen LogP contribution in [0, 0.1) is 0 Å². The standard InChI is InChI=1S/C15H15N5OS/c1-21-15(22)17-14(13-10-16-19-18-13)11-4-6-12(7-5-11)20-8-2-3-9-20/h2-10,14H,1H3,(H,17,22)(H,16,18,19). The van der Waals surface area contributed by atoms with Crippen LogP contribution in [-0.4, -0.2) is 32.3 Å². The highest BCUT2D eigenvalue weighted by Crippen LogP contribution is 2.21. The van der Waals surface area contributed by atoms with Crippen molar-refractivity contribution in [2.24, 2.45) is 0 Å². The Bertz CT molecular complexity index is 722. The SMILES string of the molecule is COC(=S)NC(c1ccc(-n2cccc2)cc1)c1c[nH]nn1. The van der Waals surface area contributed by atoms with E-state index < -0.39 is 0 Å². The summed E-state index contributed by atoms with van der Waals surface area (Å²) in [6.07, 6.45) is 5.74. The maximum atomic E-state index is 5.10. The largest absolute Gasteiger partial charge is 0.474 e. The van der Waals surface area contributed by atoms with Gasteiger partial charge in [-0.3, -0.25) is 5.10 Å². The van der Waals surface area contributed by atoms with Crippen molar-refractivity contribution in [2.75, 3.05) is 7.11 Å². The van der Waals surface area contributed by atoms with Crippen molar-refractivity contribution >= 4 is 17.4 Å². The van der Waals surface area contributed by atoms with Crippen LogP contribution in [0.1, 0.15) is 17.3 Å². The molecule has 0 saturated carbocycles. The van der Waals surface area contributed by atoms with Crippen LogP contribution < -0.4 is 5.32 Å². The number of nitrogens with one attached hydrogen (secondary N) is 2. The highest BCUT2D eigenvalue weighted by Gasteiger charge is 2.18. The Hall–Kier alpha value is -2.67. The van der Waals surface area contributed by atoms with E-state index in [1.54, 1.807) is 6.20 Å². The van der Waals surface area contributed by atoms with Crippen LogP contribution >= 0.6 is 12.2 Å². The first-order chi connectivity index (χ1) is 10.8. The van der Waals surface area contributed by atoms with Gasteiger partial charge in [0.05, 0.1) is 7.11 Å². The number of hydrogen-bond donors (Lipinski definition) is 2. The molecule has 1 atom stereocenters. The van der Waals surface area contributed by atoms with Gasteiger partial charge in [-0.2, -0.15) is 0 Å². The second-order valence-corrected chi connectivity index (χ2v) is 5.02. The third-order valence-electron chi connectivity index (χ3n) is 3.31. The summed E-state index contributed by atoms with van der Waals surface area (Å²) in [7, 11) is 1.53. The molecule has 2 N–H and O–H groups in total. The highest BCUT2D eigenvalue weighted by molar-refractivity contribution is 7.80. The molecule has 0 bridgehead atoms. The van der Waals surface area contributed by atoms with Crippen molar-refractivity contribution in [3.63, 3.8) is 0 Å². The summed E-state index contributed by atoms with van der Waals surface area (Å²) in [5.74, 6) is 0. The Morgan fingerprint density at radius 1 is 1.27 bits per heavy atom. The molecule has 0 fully saturated rings. The average Bonchev–Trinajstić information content (AvgIpc) is 3.25. The molecular weight excluding hydrogens is 298 g/mol. The van der Waals surface area contributed by atoms with Crippen LogP contribution in [0.2, 0.25) is 0 Å². The number of H-pyrrole nitrogens is 1. The molecule has 0 aliphatic rings. The second-order valence-electron chi connectivity index (χ2n) is 4.65. The van der Waals surface area contributed by atoms with Gasteiger partial charge in [-0.1, -0.05) is 17.3 Å². The molecule has 0 aliphatic heterocycles. The Morgan fingerprint density at radius 2 is 2.00 bits per heavy atom. The zero-order valence-corrected chi connectivity index (χ0v) is 12.7. The lowest BCUT2D eigenvalue weighted by Crippen LogP contribution is -2.29. The highest BCUT2D eigenvalue weighted by atomic mass is 32.1. The number of aromatic nitrogens is 4. The normalized spacial score (nSPS) is 11.9. The van der Waals surface area contributed by atoms with E-state index in [4.69, 9.17) is 17.0 Å². The predicted octanol–water partition coefficient (Wildman–Crippen LogP) is 2.21. The van der Waals surface area contributed by atoms with Gasteiger partial charge in [0, 0.05) is 24.3 Å². The maximum Gasteiger partial charge on any atom is 0.257 e. The maximum absolute atomic E-state index is 5.10. The van der Waals surface area contributed by atoms with Gasteiger partial charge in [0.2, 0.25) is 0 Å². The summed E-state index contributed by atoms with van der Waals surface area (Å²) < 4.78 is 7.08. The van der Waals surface area contributed by atoms with Crippen molar-refractivity contribution in [1.82, 2.24) is 25.3 Å². The second kappa shape index (κ2) is 6.40. The first-order valence-electron chi connectivity index (χ1n) is 6.72. The van der Waals surface area contributed by atoms with E-state index in [0.717, 1.165) is 16.9 Å². The number of benzene rings is 1. The smallest absolute Gasteiger partial charge is 0.257 e. The van der Waals surface area contributed by atoms with E-state index in [1.807, 2.05) is 53.4 Å². The summed E-state index contributed by atoms with van der Waals surface area (Å²) in [6.45, 7) is 0. The van der Waals surface area contributed by atoms with Gasteiger partial charge in [-0.15, -0.1) is 5.10 Å². The van der Waals surface area contributed by atoms with E-state index in [-0.39, 0.29) is 6.04 Å². The molecule has 2 aromatic heterocycles. The minimum absolute atomic E-state index is 0.218. The molecule has 2 heterocycles. The lowest BCUT2D eigenvalue weighted by molar-refractivity contribution is 0.387. The van der Waals surface area contributed by atoms with Gasteiger partial charge in [0.15, 0.2) is 0 Å². The fourth-order valence-electron chi connectivity index (χ4n) is 2.20. The predicted molar refractivity (Wildman–Crippen MR) is 86.7 cm³/mol. The zero-order valence-electron chi connectivity index (χ0n) is 11.9. The third kappa shape index (κ3) is 2.99. The lowest BCUT2D eigenvalue weighted by Gasteiger charge is -2.18. The van der Waals surface area contributed by atoms with Crippen LogP contribution in [-0.2, 0) is 4.74 Å². The van der Waals surface area contributed by atoms with E-state index >= 15 is 0 Å². The quantitative estimate of drug-likeness (QED) is 0.723. The molecule has 7 heteroatoms. The topological polar surface area (TPSA) is 67.8 Å². The van der Waals surface area contributed by atoms with E-state index in [9.17, 15) is 0 Å². The minimum atomic E-state index is -0.218. The Kier molecular flexibility index (Phi) is 4.15. The first-order valence-corrected chi connectivity index (χ1v) is 7.13. The van der Waals surface area contributed by atoms with Crippen molar-refractivity contribution in [1.29, 1.82) is 0 Å². The van der Waals surface area contributed by atoms with Crippen molar-refractivity contribution in [3.8, 4) is 5.69 Å². The van der Waals surface area contributed by atoms with Gasteiger partial charge >= 0.3 is 0 Å². The van der Waals surface area contributed by atoms with E-state index in [1.165, 1.54) is 7.11 Å². The molecular formula is C15H15N5OS. The molecule has 0 radical (unpaired) electrons. The number of ether oxygens (including phenoxy) is 1. The first kappa shape index (κ1) is 14.3. The Balaban J connectivity index is 1.89. The number of hydrogen-bond acceptors (Lipinski definition) is 4. The van der Waals surface area contributed by atoms with E-state index in [0.29, 0.717) is 5.17 Å². The average molecular weight is 313 g/mol. The van der Waals surface area contributed by atoms with Crippen LogP contribution in [0.3, 0.4) is 0 Å². The summed E-state index contributed by atoms with van der Waals surface area (Å²) in [6, 6.07) is 11.9. The Labute approximate surface area is 133 Å². The van der Waals surface area contributed by atoms with Crippen molar-refractivity contribution in [2.45, 2.75) is 6.04 Å².